The Bertz CT molecular complexity index is 476. The summed E-state index contributed by atoms with van der Waals surface area (Å²) < 4.78 is 5.00. The molecule has 0 N–H and O–H groups in total. The van der Waals surface area contributed by atoms with Gasteiger partial charge in [0, 0.05) is 25.5 Å². The summed E-state index contributed by atoms with van der Waals surface area (Å²) in [5.41, 5.74) is 0.963. The van der Waals surface area contributed by atoms with Gasteiger partial charge in [-0.1, -0.05) is 6.07 Å². The molecular weight excluding hydrogens is 254 g/mol. The van der Waals surface area contributed by atoms with Crippen LogP contribution in [0.25, 0.3) is 0 Å². The van der Waals surface area contributed by atoms with E-state index < -0.39 is 0 Å². The lowest BCUT2D eigenvalue weighted by Gasteiger charge is -2.33. The summed E-state index contributed by atoms with van der Waals surface area (Å²) >= 11 is 0. The highest BCUT2D eigenvalue weighted by Gasteiger charge is 2.29. The van der Waals surface area contributed by atoms with E-state index in [0.717, 1.165) is 18.4 Å². The molecule has 0 spiro atoms. The number of piperidine rings is 1. The van der Waals surface area contributed by atoms with Gasteiger partial charge in [-0.25, -0.2) is 4.79 Å². The van der Waals surface area contributed by atoms with Crippen molar-refractivity contribution in [1.82, 2.24) is 9.88 Å². The quantitative estimate of drug-likeness (QED) is 0.849. The van der Waals surface area contributed by atoms with Crippen LogP contribution in [0.1, 0.15) is 31.2 Å². The molecule has 0 aliphatic carbocycles. The largest absolute Gasteiger partial charge is 0.450 e. The Morgan fingerprint density at radius 2 is 2.35 bits per heavy atom. The summed E-state index contributed by atoms with van der Waals surface area (Å²) in [6.45, 7) is 3.51. The van der Waals surface area contributed by atoms with Crippen LogP contribution in [-0.4, -0.2) is 35.7 Å². The maximum atomic E-state index is 11.6. The third kappa shape index (κ3) is 3.27. The van der Waals surface area contributed by atoms with E-state index >= 15 is 0 Å². The van der Waals surface area contributed by atoms with Gasteiger partial charge in [0.05, 0.1) is 18.6 Å². The lowest BCUT2D eigenvalue weighted by atomic mass is 9.81. The Hall–Kier alpha value is -2.09. The number of likely N-dealkylation sites (tertiary alicyclic amines) is 1. The van der Waals surface area contributed by atoms with Crippen molar-refractivity contribution < 1.29 is 9.53 Å². The van der Waals surface area contributed by atoms with Crippen LogP contribution in [0.2, 0.25) is 0 Å². The zero-order valence-corrected chi connectivity index (χ0v) is 11.7. The minimum absolute atomic E-state index is 0.145. The third-order valence-corrected chi connectivity index (χ3v) is 3.72. The van der Waals surface area contributed by atoms with E-state index in [0.29, 0.717) is 19.7 Å². The number of carbonyl (C=O) groups is 1. The molecule has 1 saturated heterocycles. The minimum atomic E-state index is -0.249. The van der Waals surface area contributed by atoms with E-state index in [1.165, 1.54) is 0 Å². The van der Waals surface area contributed by atoms with E-state index in [-0.39, 0.29) is 17.9 Å². The lowest BCUT2D eigenvalue weighted by molar-refractivity contribution is 0.0906. The van der Waals surface area contributed by atoms with E-state index in [1.807, 2.05) is 12.1 Å². The average molecular weight is 273 g/mol. The van der Waals surface area contributed by atoms with Gasteiger partial charge in [0.2, 0.25) is 0 Å². The summed E-state index contributed by atoms with van der Waals surface area (Å²) in [4.78, 5) is 17.4. The fraction of sp³-hybridized carbons (Fsp3) is 0.533. The van der Waals surface area contributed by atoms with E-state index in [4.69, 9.17) is 4.74 Å². The maximum Gasteiger partial charge on any atom is 0.409 e. The van der Waals surface area contributed by atoms with Gasteiger partial charge < -0.3 is 9.64 Å². The van der Waals surface area contributed by atoms with E-state index in [9.17, 15) is 10.1 Å². The summed E-state index contributed by atoms with van der Waals surface area (Å²) in [7, 11) is 0. The van der Waals surface area contributed by atoms with Crippen LogP contribution in [-0.2, 0) is 4.74 Å². The zero-order valence-electron chi connectivity index (χ0n) is 11.7. The van der Waals surface area contributed by atoms with Crippen molar-refractivity contribution in [3.8, 4) is 6.07 Å². The van der Waals surface area contributed by atoms with Gasteiger partial charge in [-0.05, 0) is 37.3 Å². The van der Waals surface area contributed by atoms with Gasteiger partial charge in [-0.15, -0.1) is 0 Å². The van der Waals surface area contributed by atoms with Crippen molar-refractivity contribution >= 4 is 6.09 Å². The molecule has 1 amide bonds. The molecular formula is C15H19N3O2. The lowest BCUT2D eigenvalue weighted by Crippen LogP contribution is -2.40. The second-order valence-corrected chi connectivity index (χ2v) is 4.92. The zero-order chi connectivity index (χ0) is 14.4. The first-order chi connectivity index (χ1) is 9.76. The monoisotopic (exact) mass is 273 g/mol. The van der Waals surface area contributed by atoms with Crippen LogP contribution in [0.3, 0.4) is 0 Å². The standard InChI is InChI=1S/C15H19N3O2/c1-2-20-15(19)18-8-5-12(6-9-18)14(10-16)13-4-3-7-17-11-13/h3-4,7,11-12,14H,2,5-6,8-9H2,1H3. The third-order valence-electron chi connectivity index (χ3n) is 3.72. The SMILES string of the molecule is CCOC(=O)N1CCC(C(C#N)c2cccnc2)CC1. The second-order valence-electron chi connectivity index (χ2n) is 4.92. The van der Waals surface area contributed by atoms with Crippen LogP contribution in [0, 0.1) is 17.2 Å². The first kappa shape index (κ1) is 14.3. The molecule has 1 fully saturated rings. The Balaban J connectivity index is 1.96. The van der Waals surface area contributed by atoms with Crippen LogP contribution in [0.15, 0.2) is 24.5 Å². The Morgan fingerprint density at radius 1 is 1.60 bits per heavy atom. The molecule has 0 aromatic carbocycles. The molecule has 0 radical (unpaired) electrons. The number of carbonyl (C=O) groups excluding carboxylic acids is 1. The number of nitriles is 1. The highest BCUT2D eigenvalue weighted by atomic mass is 16.6. The fourth-order valence-corrected chi connectivity index (χ4v) is 2.64. The first-order valence-corrected chi connectivity index (χ1v) is 6.97. The molecule has 0 saturated carbocycles. The molecule has 5 heteroatoms. The second kappa shape index (κ2) is 6.90. The van der Waals surface area contributed by atoms with Crippen LogP contribution in [0.4, 0.5) is 4.79 Å². The van der Waals surface area contributed by atoms with Gasteiger partial charge in [0.1, 0.15) is 0 Å². The Morgan fingerprint density at radius 3 is 2.90 bits per heavy atom. The van der Waals surface area contributed by atoms with Gasteiger partial charge in [-0.2, -0.15) is 5.26 Å². The summed E-state index contributed by atoms with van der Waals surface area (Å²) in [6, 6.07) is 6.18. The smallest absolute Gasteiger partial charge is 0.409 e. The molecule has 0 bridgehead atoms. The van der Waals surface area contributed by atoms with Crippen molar-refractivity contribution in [3.05, 3.63) is 30.1 Å². The Labute approximate surface area is 119 Å². The highest BCUT2D eigenvalue weighted by molar-refractivity contribution is 5.67. The van der Waals surface area contributed by atoms with Crippen LogP contribution in [0.5, 0.6) is 0 Å². The van der Waals surface area contributed by atoms with Gasteiger partial charge in [0.15, 0.2) is 0 Å². The number of pyridine rings is 1. The number of aromatic nitrogens is 1. The number of amides is 1. The number of rotatable bonds is 3. The van der Waals surface area contributed by atoms with Crippen molar-refractivity contribution in [2.75, 3.05) is 19.7 Å². The van der Waals surface area contributed by atoms with Gasteiger partial charge in [-0.3, -0.25) is 4.98 Å². The van der Waals surface area contributed by atoms with Crippen LogP contribution < -0.4 is 0 Å². The van der Waals surface area contributed by atoms with E-state index in [2.05, 4.69) is 11.1 Å². The summed E-state index contributed by atoms with van der Waals surface area (Å²) in [5.74, 6) is 0.128. The average Bonchev–Trinajstić information content (AvgIpc) is 2.50. The predicted octanol–water partition coefficient (Wildman–Crippen LogP) is 2.56. The van der Waals surface area contributed by atoms with Gasteiger partial charge in [0.25, 0.3) is 0 Å². The minimum Gasteiger partial charge on any atom is -0.450 e. The topological polar surface area (TPSA) is 66.2 Å². The van der Waals surface area contributed by atoms with E-state index in [1.54, 1.807) is 24.2 Å². The molecule has 1 aromatic rings. The van der Waals surface area contributed by atoms with Gasteiger partial charge >= 0.3 is 6.09 Å². The Kier molecular flexibility index (Phi) is 4.94. The molecule has 2 rings (SSSR count). The molecule has 1 unspecified atom stereocenters. The normalized spacial score (nSPS) is 17.3. The summed E-state index contributed by atoms with van der Waals surface area (Å²) in [6.07, 6.45) is 4.87. The van der Waals surface area contributed by atoms with Crippen molar-refractivity contribution in [2.45, 2.75) is 25.7 Å². The van der Waals surface area contributed by atoms with Crippen LogP contribution >= 0.6 is 0 Å². The molecule has 2 heterocycles. The van der Waals surface area contributed by atoms with Crippen molar-refractivity contribution in [1.29, 1.82) is 5.26 Å². The molecule has 106 valence electrons. The maximum absolute atomic E-state index is 11.6. The number of ether oxygens (including phenoxy) is 1. The fourth-order valence-electron chi connectivity index (χ4n) is 2.64. The molecule has 1 aliphatic heterocycles. The predicted molar refractivity (Wildman–Crippen MR) is 73.9 cm³/mol. The van der Waals surface area contributed by atoms with Crippen molar-refractivity contribution in [2.24, 2.45) is 5.92 Å². The number of nitrogens with zero attached hydrogens (tertiary/aromatic N) is 3. The summed E-state index contributed by atoms with van der Waals surface area (Å²) in [5, 5.41) is 9.41. The van der Waals surface area contributed by atoms with Crippen molar-refractivity contribution in [3.63, 3.8) is 0 Å². The number of hydrogen-bond acceptors (Lipinski definition) is 4. The first-order valence-electron chi connectivity index (χ1n) is 6.97. The molecule has 20 heavy (non-hydrogen) atoms. The molecule has 1 aromatic heterocycles. The molecule has 1 atom stereocenters. The molecule has 5 nitrogen and oxygen atoms in total. The molecule has 1 aliphatic rings. The highest BCUT2D eigenvalue weighted by Crippen LogP contribution is 2.32. The number of hydrogen-bond donors (Lipinski definition) is 0.